The van der Waals surface area contributed by atoms with Crippen LogP contribution in [0.4, 0.5) is 13.2 Å². The summed E-state index contributed by atoms with van der Waals surface area (Å²) in [6.45, 7) is -0.495. The normalized spacial score (nSPS) is 31.2. The van der Waals surface area contributed by atoms with Gasteiger partial charge in [0.15, 0.2) is 0 Å². The first-order chi connectivity index (χ1) is 14.2. The molecule has 162 valence electrons. The molecule has 0 radical (unpaired) electrons. The Bertz CT molecular complexity index is 914. The van der Waals surface area contributed by atoms with Gasteiger partial charge in [-0.05, 0) is 41.3 Å². The van der Waals surface area contributed by atoms with E-state index in [1.54, 1.807) is 18.2 Å². The van der Waals surface area contributed by atoms with Crippen molar-refractivity contribution >= 4 is 0 Å². The van der Waals surface area contributed by atoms with E-state index in [4.69, 9.17) is 9.47 Å². The summed E-state index contributed by atoms with van der Waals surface area (Å²) in [6, 6.07) is 10.1. The molecule has 1 fully saturated rings. The minimum atomic E-state index is -4.40. The number of ether oxygens (including phenoxy) is 2. The summed E-state index contributed by atoms with van der Waals surface area (Å²) in [7, 11) is 0. The predicted molar refractivity (Wildman–Crippen MR) is 97.1 cm³/mol. The first-order valence-corrected chi connectivity index (χ1v) is 9.41. The summed E-state index contributed by atoms with van der Waals surface area (Å²) >= 11 is 0. The van der Waals surface area contributed by atoms with Crippen molar-refractivity contribution in [3.05, 3.63) is 70.3 Å². The summed E-state index contributed by atoms with van der Waals surface area (Å²) in [5, 5.41) is 40.3. The third-order valence-corrected chi connectivity index (χ3v) is 5.63. The van der Waals surface area contributed by atoms with Crippen LogP contribution in [0.3, 0.4) is 0 Å². The molecule has 2 aromatic carbocycles. The van der Waals surface area contributed by atoms with E-state index in [1.807, 2.05) is 0 Å². The van der Waals surface area contributed by atoms with Crippen LogP contribution in [-0.2, 0) is 34.5 Å². The molecule has 0 saturated carbocycles. The maximum Gasteiger partial charge on any atom is 0.416 e. The lowest BCUT2D eigenvalue weighted by atomic mass is 9.86. The molecule has 5 atom stereocenters. The highest BCUT2D eigenvalue weighted by Crippen LogP contribution is 2.46. The van der Waals surface area contributed by atoms with E-state index >= 15 is 0 Å². The highest BCUT2D eigenvalue weighted by atomic mass is 19.4. The number of halogens is 3. The van der Waals surface area contributed by atoms with Gasteiger partial charge in [-0.25, -0.2) is 0 Å². The van der Waals surface area contributed by atoms with E-state index in [9.17, 15) is 33.6 Å². The number of fused-ring (bicyclic) bond motifs is 2. The molecule has 2 aliphatic rings. The fraction of sp³-hybridized carbons (Fsp3) is 0.429. The second kappa shape index (κ2) is 7.60. The number of hydrogen-bond acceptors (Lipinski definition) is 6. The van der Waals surface area contributed by atoms with Gasteiger partial charge >= 0.3 is 6.18 Å². The molecule has 1 spiro atoms. The molecule has 1 saturated heterocycles. The van der Waals surface area contributed by atoms with Crippen LogP contribution in [0.15, 0.2) is 42.5 Å². The average Bonchev–Trinajstić information content (AvgIpc) is 3.08. The molecule has 2 aliphatic heterocycles. The Morgan fingerprint density at radius 2 is 1.63 bits per heavy atom. The summed E-state index contributed by atoms with van der Waals surface area (Å²) in [5.74, 6) is -1.75. The number of rotatable bonds is 3. The molecule has 4 N–H and O–H groups in total. The molecule has 2 aromatic rings. The Hall–Kier alpha value is -2.01. The van der Waals surface area contributed by atoms with Crippen molar-refractivity contribution in [3.8, 4) is 0 Å². The molecule has 0 aliphatic carbocycles. The summed E-state index contributed by atoms with van der Waals surface area (Å²) in [6.07, 6.45) is -9.92. The minimum Gasteiger partial charge on any atom is -0.394 e. The Kier molecular flexibility index (Phi) is 5.38. The van der Waals surface area contributed by atoms with Gasteiger partial charge in [0.05, 0.1) is 18.8 Å². The van der Waals surface area contributed by atoms with E-state index in [0.717, 1.165) is 17.7 Å². The topological polar surface area (TPSA) is 99.4 Å². The predicted octanol–water partition coefficient (Wildman–Crippen LogP) is 1.45. The Morgan fingerprint density at radius 1 is 0.967 bits per heavy atom. The first kappa shape index (κ1) is 21.2. The standard InChI is InChI=1S/C21H21F3O6/c22-21(23,24)14-5-2-11(3-6-14)7-12-1-4-13-10-29-20(15(13)8-12)19(28)18(27)17(26)16(9-25)30-20/h1-6,8,16-19,25-28H,7,9-10H2/t16-,17-,18+,19-,20+/m1/s1. The molecule has 30 heavy (non-hydrogen) atoms. The molecular formula is C21H21F3O6. The molecule has 2 heterocycles. The maximum absolute atomic E-state index is 12.7. The van der Waals surface area contributed by atoms with Crippen molar-refractivity contribution in [2.24, 2.45) is 0 Å². The van der Waals surface area contributed by atoms with Crippen molar-refractivity contribution in [1.29, 1.82) is 0 Å². The van der Waals surface area contributed by atoms with E-state index < -0.39 is 48.5 Å². The van der Waals surface area contributed by atoms with Crippen molar-refractivity contribution in [3.63, 3.8) is 0 Å². The molecule has 0 aromatic heterocycles. The molecular weight excluding hydrogens is 405 g/mol. The zero-order valence-corrected chi connectivity index (χ0v) is 15.7. The zero-order chi connectivity index (χ0) is 21.7. The lowest BCUT2D eigenvalue weighted by Gasteiger charge is -2.46. The summed E-state index contributed by atoms with van der Waals surface area (Å²) in [5.41, 5.74) is 1.81. The van der Waals surface area contributed by atoms with Gasteiger partial charge in [-0.1, -0.05) is 24.3 Å². The van der Waals surface area contributed by atoms with Crippen molar-refractivity contribution in [2.75, 3.05) is 6.61 Å². The molecule has 0 unspecified atom stereocenters. The number of alkyl halides is 3. The van der Waals surface area contributed by atoms with Crippen LogP contribution >= 0.6 is 0 Å². The van der Waals surface area contributed by atoms with Gasteiger partial charge < -0.3 is 29.9 Å². The van der Waals surface area contributed by atoms with Crippen LogP contribution in [0, 0.1) is 0 Å². The van der Waals surface area contributed by atoms with Gasteiger partial charge in [0.25, 0.3) is 0 Å². The Morgan fingerprint density at radius 3 is 2.27 bits per heavy atom. The number of aliphatic hydroxyl groups is 4. The largest absolute Gasteiger partial charge is 0.416 e. The number of aliphatic hydroxyl groups excluding tert-OH is 4. The number of benzene rings is 2. The quantitative estimate of drug-likeness (QED) is 0.593. The maximum atomic E-state index is 12.7. The van der Waals surface area contributed by atoms with Gasteiger partial charge in [0.1, 0.15) is 24.4 Å². The minimum absolute atomic E-state index is 0.0912. The van der Waals surface area contributed by atoms with Gasteiger partial charge in [-0.2, -0.15) is 13.2 Å². The summed E-state index contributed by atoms with van der Waals surface area (Å²) in [4.78, 5) is 0. The monoisotopic (exact) mass is 426 g/mol. The van der Waals surface area contributed by atoms with E-state index in [0.29, 0.717) is 23.1 Å². The van der Waals surface area contributed by atoms with Crippen molar-refractivity contribution in [2.45, 2.75) is 49.4 Å². The molecule has 4 rings (SSSR count). The first-order valence-electron chi connectivity index (χ1n) is 9.41. The molecule has 0 amide bonds. The SMILES string of the molecule is OC[C@H]1O[C@]2(OCc3ccc(Cc4ccc(C(F)(F)F)cc4)cc32)[C@H](O)[C@@H](O)[C@@H]1O. The van der Waals surface area contributed by atoms with Gasteiger partial charge in [-0.15, -0.1) is 0 Å². The third-order valence-electron chi connectivity index (χ3n) is 5.63. The van der Waals surface area contributed by atoms with Crippen LogP contribution in [0.25, 0.3) is 0 Å². The highest BCUT2D eigenvalue weighted by Gasteiger charge is 2.58. The zero-order valence-electron chi connectivity index (χ0n) is 15.7. The lowest BCUT2D eigenvalue weighted by Crippen LogP contribution is -2.63. The van der Waals surface area contributed by atoms with Crippen LogP contribution in [0.1, 0.15) is 27.8 Å². The second-order valence-corrected chi connectivity index (χ2v) is 7.58. The van der Waals surface area contributed by atoms with E-state index in [1.165, 1.54) is 12.1 Å². The molecule has 9 heteroatoms. The van der Waals surface area contributed by atoms with Crippen molar-refractivity contribution in [1.82, 2.24) is 0 Å². The van der Waals surface area contributed by atoms with Crippen LogP contribution in [0.5, 0.6) is 0 Å². The average molecular weight is 426 g/mol. The molecule has 6 nitrogen and oxygen atoms in total. The smallest absolute Gasteiger partial charge is 0.394 e. The Balaban J connectivity index is 1.63. The van der Waals surface area contributed by atoms with E-state index in [-0.39, 0.29) is 6.61 Å². The highest BCUT2D eigenvalue weighted by molar-refractivity contribution is 5.41. The molecule has 0 bridgehead atoms. The second-order valence-electron chi connectivity index (χ2n) is 7.58. The van der Waals surface area contributed by atoms with Crippen LogP contribution in [-0.4, -0.2) is 51.4 Å². The van der Waals surface area contributed by atoms with Gasteiger partial charge in [0, 0.05) is 5.56 Å². The van der Waals surface area contributed by atoms with Gasteiger partial charge in [-0.3, -0.25) is 0 Å². The third kappa shape index (κ3) is 3.51. The van der Waals surface area contributed by atoms with Gasteiger partial charge in [0.2, 0.25) is 5.79 Å². The van der Waals surface area contributed by atoms with Crippen molar-refractivity contribution < 1.29 is 43.1 Å². The van der Waals surface area contributed by atoms with Crippen LogP contribution < -0.4 is 0 Å². The van der Waals surface area contributed by atoms with Crippen LogP contribution in [0.2, 0.25) is 0 Å². The Labute approximate surface area is 170 Å². The summed E-state index contributed by atoms with van der Waals surface area (Å²) < 4.78 is 49.6. The number of hydrogen-bond donors (Lipinski definition) is 4. The fourth-order valence-electron chi connectivity index (χ4n) is 3.98. The van der Waals surface area contributed by atoms with E-state index in [2.05, 4.69) is 0 Å². The fourth-order valence-corrected chi connectivity index (χ4v) is 3.98. The lowest BCUT2D eigenvalue weighted by molar-refractivity contribution is -0.368.